The van der Waals surface area contributed by atoms with Crippen molar-refractivity contribution in [2.24, 2.45) is 0 Å². The molecule has 3 rings (SSSR count). The van der Waals surface area contributed by atoms with E-state index in [9.17, 15) is 14.3 Å². The highest BCUT2D eigenvalue weighted by atomic mass is 19.1. The number of hydrogen-bond donors (Lipinski definition) is 2. The molecule has 1 amide bonds. The third kappa shape index (κ3) is 4.48. The first-order valence-corrected chi connectivity index (χ1v) is 7.80. The highest BCUT2D eigenvalue weighted by Crippen LogP contribution is 2.07. The van der Waals surface area contributed by atoms with Gasteiger partial charge >= 0.3 is 0 Å². The Labute approximate surface area is 143 Å². The number of nitrogens with one attached hydrogen (secondary N) is 1. The van der Waals surface area contributed by atoms with E-state index in [0.29, 0.717) is 12.1 Å². The van der Waals surface area contributed by atoms with E-state index in [2.05, 4.69) is 15.5 Å². The molecule has 0 aliphatic rings. The first-order valence-electron chi connectivity index (χ1n) is 7.80. The first kappa shape index (κ1) is 16.8. The Morgan fingerprint density at radius 1 is 1.16 bits per heavy atom. The van der Waals surface area contributed by atoms with E-state index in [4.69, 9.17) is 0 Å². The summed E-state index contributed by atoms with van der Waals surface area (Å²) < 4.78 is 12.9. The maximum atomic E-state index is 12.9. The summed E-state index contributed by atoms with van der Waals surface area (Å²) >= 11 is 0. The van der Waals surface area contributed by atoms with Crippen molar-refractivity contribution in [3.8, 4) is 5.69 Å². The number of nitrogens with zero attached hydrogens (tertiary/aromatic N) is 3. The molecule has 7 heteroatoms. The molecule has 0 fully saturated rings. The van der Waals surface area contributed by atoms with Crippen molar-refractivity contribution in [2.45, 2.75) is 12.5 Å². The molecule has 0 saturated carbocycles. The van der Waals surface area contributed by atoms with Crippen molar-refractivity contribution in [2.75, 3.05) is 6.54 Å². The van der Waals surface area contributed by atoms with Gasteiger partial charge in [-0.3, -0.25) is 4.79 Å². The Morgan fingerprint density at radius 3 is 2.60 bits per heavy atom. The summed E-state index contributed by atoms with van der Waals surface area (Å²) in [7, 11) is 0. The number of halogens is 1. The van der Waals surface area contributed by atoms with Gasteiger partial charge in [-0.1, -0.05) is 30.3 Å². The average molecular weight is 340 g/mol. The van der Waals surface area contributed by atoms with Crippen LogP contribution >= 0.6 is 0 Å². The van der Waals surface area contributed by atoms with Crippen LogP contribution in [0.4, 0.5) is 4.39 Å². The van der Waals surface area contributed by atoms with Crippen LogP contribution in [0.15, 0.2) is 60.8 Å². The van der Waals surface area contributed by atoms with E-state index in [1.54, 1.807) is 0 Å². The maximum Gasteiger partial charge on any atom is 0.273 e. The Kier molecular flexibility index (Phi) is 5.15. The molecule has 2 N–H and O–H groups in total. The molecule has 0 bridgehead atoms. The fraction of sp³-hybridized carbons (Fsp3) is 0.167. The monoisotopic (exact) mass is 340 g/mol. The number of aliphatic hydroxyl groups is 1. The molecule has 2 aromatic carbocycles. The van der Waals surface area contributed by atoms with Gasteiger partial charge in [0.05, 0.1) is 18.0 Å². The SMILES string of the molecule is O=C(NC[C@H](O)Cc1ccccc1)c1cnn(-c2ccc(F)cc2)n1. The Bertz CT molecular complexity index is 834. The molecule has 3 aromatic rings. The van der Waals surface area contributed by atoms with E-state index < -0.39 is 12.0 Å². The molecule has 0 radical (unpaired) electrons. The lowest BCUT2D eigenvalue weighted by molar-refractivity contribution is 0.0910. The highest BCUT2D eigenvalue weighted by Gasteiger charge is 2.13. The molecule has 128 valence electrons. The second-order valence-corrected chi connectivity index (χ2v) is 5.55. The fourth-order valence-electron chi connectivity index (χ4n) is 2.33. The van der Waals surface area contributed by atoms with Gasteiger partial charge < -0.3 is 10.4 Å². The molecule has 6 nitrogen and oxygen atoms in total. The third-order valence-corrected chi connectivity index (χ3v) is 3.59. The van der Waals surface area contributed by atoms with Crippen LogP contribution in [-0.2, 0) is 6.42 Å². The van der Waals surface area contributed by atoms with E-state index >= 15 is 0 Å². The smallest absolute Gasteiger partial charge is 0.273 e. The van der Waals surface area contributed by atoms with E-state index in [1.807, 2.05) is 30.3 Å². The summed E-state index contributed by atoms with van der Waals surface area (Å²) in [6, 6.07) is 15.1. The molecule has 25 heavy (non-hydrogen) atoms. The van der Waals surface area contributed by atoms with Crippen LogP contribution in [0.5, 0.6) is 0 Å². The largest absolute Gasteiger partial charge is 0.391 e. The number of hydrogen-bond acceptors (Lipinski definition) is 4. The molecule has 0 aliphatic carbocycles. The molecule has 1 aromatic heterocycles. The first-order chi connectivity index (χ1) is 12.1. The molecular weight excluding hydrogens is 323 g/mol. The zero-order valence-electron chi connectivity index (χ0n) is 13.3. The van der Waals surface area contributed by atoms with Crippen molar-refractivity contribution in [3.63, 3.8) is 0 Å². The topological polar surface area (TPSA) is 80.0 Å². The number of benzene rings is 2. The minimum absolute atomic E-state index is 0.108. The molecule has 0 saturated heterocycles. The Hall–Kier alpha value is -3.06. The molecule has 0 unspecified atom stereocenters. The number of aromatic nitrogens is 3. The van der Waals surface area contributed by atoms with Gasteiger partial charge in [0.2, 0.25) is 0 Å². The van der Waals surface area contributed by atoms with Crippen molar-refractivity contribution in [1.82, 2.24) is 20.3 Å². The quantitative estimate of drug-likeness (QED) is 0.716. The highest BCUT2D eigenvalue weighted by molar-refractivity contribution is 5.91. The fourth-order valence-corrected chi connectivity index (χ4v) is 2.33. The zero-order chi connectivity index (χ0) is 17.6. The van der Waals surface area contributed by atoms with Crippen molar-refractivity contribution in [3.05, 3.63) is 77.9 Å². The van der Waals surface area contributed by atoms with Gasteiger partial charge in [0.25, 0.3) is 5.91 Å². The Morgan fingerprint density at radius 2 is 1.88 bits per heavy atom. The van der Waals surface area contributed by atoms with Crippen LogP contribution in [0.2, 0.25) is 0 Å². The Balaban J connectivity index is 1.56. The molecular formula is C18H17FN4O2. The number of aliphatic hydroxyl groups excluding tert-OH is 1. The summed E-state index contributed by atoms with van der Waals surface area (Å²) in [4.78, 5) is 13.3. The standard InChI is InChI=1S/C18H17FN4O2/c19-14-6-8-15(9-7-14)23-21-12-17(22-23)18(25)20-11-16(24)10-13-4-2-1-3-5-13/h1-9,12,16,24H,10-11H2,(H,20,25)/t16-/m1/s1. The summed E-state index contributed by atoms with van der Waals surface area (Å²) in [5, 5.41) is 20.7. The summed E-state index contributed by atoms with van der Waals surface area (Å²) in [5.74, 6) is -0.790. The predicted molar refractivity (Wildman–Crippen MR) is 89.8 cm³/mol. The van der Waals surface area contributed by atoms with E-state index in [0.717, 1.165) is 5.56 Å². The van der Waals surface area contributed by atoms with Crippen LogP contribution in [0.1, 0.15) is 16.1 Å². The van der Waals surface area contributed by atoms with Crippen molar-refractivity contribution in [1.29, 1.82) is 0 Å². The average Bonchev–Trinajstić information content (AvgIpc) is 3.11. The number of rotatable bonds is 6. The predicted octanol–water partition coefficient (Wildman–Crippen LogP) is 1.74. The number of amides is 1. The summed E-state index contributed by atoms with van der Waals surface area (Å²) in [6.45, 7) is 0.108. The maximum absolute atomic E-state index is 12.9. The van der Waals surface area contributed by atoms with E-state index in [1.165, 1.54) is 35.3 Å². The van der Waals surface area contributed by atoms with Gasteiger partial charge in [-0.2, -0.15) is 9.90 Å². The van der Waals surface area contributed by atoms with Crippen LogP contribution in [0.3, 0.4) is 0 Å². The van der Waals surface area contributed by atoms with Gasteiger partial charge in [-0.25, -0.2) is 4.39 Å². The lowest BCUT2D eigenvalue weighted by Gasteiger charge is -2.11. The normalized spacial score (nSPS) is 11.9. The molecule has 1 heterocycles. The van der Waals surface area contributed by atoms with Crippen LogP contribution in [0.25, 0.3) is 5.69 Å². The minimum atomic E-state index is -0.696. The molecule has 0 spiro atoms. The van der Waals surface area contributed by atoms with E-state index in [-0.39, 0.29) is 18.1 Å². The van der Waals surface area contributed by atoms with Gasteiger partial charge in [-0.05, 0) is 29.8 Å². The minimum Gasteiger partial charge on any atom is -0.391 e. The second kappa shape index (κ2) is 7.67. The van der Waals surface area contributed by atoms with Crippen LogP contribution in [-0.4, -0.2) is 38.7 Å². The summed E-state index contributed by atoms with van der Waals surface area (Å²) in [5.41, 5.74) is 1.66. The van der Waals surface area contributed by atoms with Gasteiger partial charge in [0, 0.05) is 13.0 Å². The molecule has 1 atom stereocenters. The van der Waals surface area contributed by atoms with Gasteiger partial charge in [-0.15, -0.1) is 5.10 Å². The van der Waals surface area contributed by atoms with Crippen molar-refractivity contribution >= 4 is 5.91 Å². The lowest BCUT2D eigenvalue weighted by Crippen LogP contribution is -2.33. The van der Waals surface area contributed by atoms with Crippen LogP contribution < -0.4 is 5.32 Å². The lowest BCUT2D eigenvalue weighted by atomic mass is 10.1. The van der Waals surface area contributed by atoms with Gasteiger partial charge in [0.1, 0.15) is 5.82 Å². The second-order valence-electron chi connectivity index (χ2n) is 5.55. The van der Waals surface area contributed by atoms with Crippen LogP contribution in [0, 0.1) is 5.82 Å². The van der Waals surface area contributed by atoms with Gasteiger partial charge in [0.15, 0.2) is 5.69 Å². The molecule has 0 aliphatic heterocycles. The number of carbonyl (C=O) groups excluding carboxylic acids is 1. The van der Waals surface area contributed by atoms with Crippen molar-refractivity contribution < 1.29 is 14.3 Å². The zero-order valence-corrected chi connectivity index (χ0v) is 13.3. The third-order valence-electron chi connectivity index (χ3n) is 3.59. The summed E-state index contributed by atoms with van der Waals surface area (Å²) in [6.07, 6.45) is 1.07. The number of carbonyl (C=O) groups is 1.